The Morgan fingerprint density at radius 1 is 1.13 bits per heavy atom. The smallest absolute Gasteiger partial charge is 0.310 e. The minimum Gasteiger partial charge on any atom is -0.465 e. The van der Waals surface area contributed by atoms with Crippen molar-refractivity contribution in [3.63, 3.8) is 0 Å². The molecule has 0 amide bonds. The summed E-state index contributed by atoms with van der Waals surface area (Å²) in [7, 11) is 0. The van der Waals surface area contributed by atoms with Crippen molar-refractivity contribution in [1.29, 1.82) is 0 Å². The van der Waals surface area contributed by atoms with Gasteiger partial charge in [-0.15, -0.1) is 0 Å². The first-order valence-electron chi connectivity index (χ1n) is 11.4. The van der Waals surface area contributed by atoms with Crippen molar-refractivity contribution in [2.75, 3.05) is 12.4 Å². The SMILES string of the molecule is CCC(C)c1ccc(OC(C)OCCSC2CCCCC2C(=O)OC(C)(C)C)cc1. The highest BCUT2D eigenvalue weighted by Crippen LogP contribution is 2.35. The summed E-state index contributed by atoms with van der Waals surface area (Å²) >= 11 is 1.83. The number of carbonyl (C=O) groups excluding carboxylic acids is 1. The van der Waals surface area contributed by atoms with Gasteiger partial charge in [-0.2, -0.15) is 11.8 Å². The molecule has 1 saturated carbocycles. The van der Waals surface area contributed by atoms with Gasteiger partial charge in [-0.3, -0.25) is 4.79 Å². The van der Waals surface area contributed by atoms with Gasteiger partial charge in [0.1, 0.15) is 11.4 Å². The summed E-state index contributed by atoms with van der Waals surface area (Å²) in [5.74, 6) is 2.21. The van der Waals surface area contributed by atoms with Crippen LogP contribution in [0.2, 0.25) is 0 Å². The van der Waals surface area contributed by atoms with E-state index in [0.717, 1.165) is 37.2 Å². The van der Waals surface area contributed by atoms with E-state index in [2.05, 4.69) is 26.0 Å². The number of rotatable bonds is 10. The predicted octanol–water partition coefficient (Wildman–Crippen LogP) is 6.58. The minimum absolute atomic E-state index is 0.000625. The van der Waals surface area contributed by atoms with E-state index in [9.17, 15) is 4.79 Å². The van der Waals surface area contributed by atoms with Gasteiger partial charge in [-0.1, -0.05) is 38.8 Å². The lowest BCUT2D eigenvalue weighted by molar-refractivity contribution is -0.160. The number of carbonyl (C=O) groups is 1. The van der Waals surface area contributed by atoms with E-state index in [-0.39, 0.29) is 18.2 Å². The molecule has 0 saturated heterocycles. The number of hydrogen-bond acceptors (Lipinski definition) is 5. The predicted molar refractivity (Wildman–Crippen MR) is 125 cm³/mol. The molecule has 0 aliphatic heterocycles. The third-order valence-corrected chi connectivity index (χ3v) is 6.94. The van der Waals surface area contributed by atoms with Crippen LogP contribution in [0.4, 0.5) is 0 Å². The highest BCUT2D eigenvalue weighted by molar-refractivity contribution is 7.99. The second-order valence-electron chi connectivity index (χ2n) is 9.27. The van der Waals surface area contributed by atoms with Crippen LogP contribution in [0.25, 0.3) is 0 Å². The Kier molecular flexibility index (Phi) is 10.0. The fourth-order valence-corrected chi connectivity index (χ4v) is 5.00. The molecule has 4 atom stereocenters. The summed E-state index contributed by atoms with van der Waals surface area (Å²) in [6, 6.07) is 8.30. The molecule has 0 heterocycles. The zero-order valence-corrected chi connectivity index (χ0v) is 20.4. The van der Waals surface area contributed by atoms with E-state index in [0.29, 0.717) is 17.8 Å². The summed E-state index contributed by atoms with van der Waals surface area (Å²) < 4.78 is 17.4. The zero-order chi connectivity index (χ0) is 22.1. The quantitative estimate of drug-likeness (QED) is 0.236. The second-order valence-corrected chi connectivity index (χ2v) is 10.6. The van der Waals surface area contributed by atoms with Crippen LogP contribution in [-0.2, 0) is 14.3 Å². The highest BCUT2D eigenvalue weighted by Gasteiger charge is 2.34. The summed E-state index contributed by atoms with van der Waals surface area (Å²) in [6.45, 7) is 12.8. The molecule has 0 N–H and O–H groups in total. The standard InChI is InChI=1S/C25H40O4S/c1-7-18(2)20-12-14-21(15-13-20)28-19(3)27-16-17-30-23-11-9-8-10-22(23)24(26)29-25(4,5)6/h12-15,18-19,22-23H,7-11,16-17H2,1-6H3. The topological polar surface area (TPSA) is 44.8 Å². The Hall–Kier alpha value is -1.20. The van der Waals surface area contributed by atoms with Crippen molar-refractivity contribution < 1.29 is 19.0 Å². The monoisotopic (exact) mass is 436 g/mol. The van der Waals surface area contributed by atoms with Gasteiger partial charge < -0.3 is 14.2 Å². The summed E-state index contributed by atoms with van der Waals surface area (Å²) in [5, 5.41) is 0.321. The van der Waals surface area contributed by atoms with Crippen molar-refractivity contribution in [2.24, 2.45) is 5.92 Å². The van der Waals surface area contributed by atoms with Gasteiger partial charge in [0.05, 0.1) is 12.5 Å². The molecule has 170 valence electrons. The molecule has 0 spiro atoms. The molecular weight excluding hydrogens is 396 g/mol. The van der Waals surface area contributed by atoms with Gasteiger partial charge in [0.2, 0.25) is 0 Å². The summed E-state index contributed by atoms with van der Waals surface area (Å²) in [4.78, 5) is 12.6. The highest BCUT2D eigenvalue weighted by atomic mass is 32.2. The van der Waals surface area contributed by atoms with E-state index in [1.807, 2.05) is 51.6 Å². The van der Waals surface area contributed by atoms with E-state index in [1.54, 1.807) is 0 Å². The van der Waals surface area contributed by atoms with Gasteiger partial charge in [0.15, 0.2) is 6.29 Å². The molecule has 4 unspecified atom stereocenters. The Morgan fingerprint density at radius 2 is 1.80 bits per heavy atom. The Bertz CT molecular complexity index is 638. The van der Waals surface area contributed by atoms with Crippen molar-refractivity contribution in [1.82, 2.24) is 0 Å². The van der Waals surface area contributed by atoms with Gasteiger partial charge in [0, 0.05) is 11.0 Å². The number of ether oxygens (including phenoxy) is 3. The molecule has 4 nitrogen and oxygen atoms in total. The molecule has 1 aromatic rings. The first-order valence-corrected chi connectivity index (χ1v) is 12.5. The maximum absolute atomic E-state index is 12.6. The Labute approximate surface area is 187 Å². The van der Waals surface area contributed by atoms with Gasteiger partial charge in [0.25, 0.3) is 0 Å². The largest absolute Gasteiger partial charge is 0.465 e. The van der Waals surface area contributed by atoms with Crippen molar-refractivity contribution >= 4 is 17.7 Å². The molecule has 1 aromatic carbocycles. The van der Waals surface area contributed by atoms with Crippen LogP contribution in [0.5, 0.6) is 5.75 Å². The van der Waals surface area contributed by atoms with Crippen LogP contribution >= 0.6 is 11.8 Å². The van der Waals surface area contributed by atoms with Crippen LogP contribution in [0.3, 0.4) is 0 Å². The lowest BCUT2D eigenvalue weighted by Crippen LogP contribution is -2.35. The van der Waals surface area contributed by atoms with Crippen molar-refractivity contribution in [2.45, 2.75) is 96.7 Å². The van der Waals surface area contributed by atoms with Crippen LogP contribution < -0.4 is 4.74 Å². The van der Waals surface area contributed by atoms with Crippen molar-refractivity contribution in [3.8, 4) is 5.75 Å². The molecule has 30 heavy (non-hydrogen) atoms. The lowest BCUT2D eigenvalue weighted by Gasteiger charge is -2.32. The third-order valence-electron chi connectivity index (χ3n) is 5.54. The number of hydrogen-bond donors (Lipinski definition) is 0. The van der Waals surface area contributed by atoms with Crippen LogP contribution in [0.15, 0.2) is 24.3 Å². The van der Waals surface area contributed by atoms with Gasteiger partial charge in [-0.05, 0) is 70.6 Å². The maximum Gasteiger partial charge on any atom is 0.310 e. The number of esters is 1. The first-order chi connectivity index (χ1) is 14.2. The third kappa shape index (κ3) is 8.50. The van der Waals surface area contributed by atoms with E-state index in [4.69, 9.17) is 14.2 Å². The number of thioether (sulfide) groups is 1. The maximum atomic E-state index is 12.6. The summed E-state index contributed by atoms with van der Waals surface area (Å²) in [6.07, 6.45) is 5.13. The Balaban J connectivity index is 1.73. The average Bonchev–Trinajstić information content (AvgIpc) is 2.70. The molecule has 0 radical (unpaired) electrons. The summed E-state index contributed by atoms with van der Waals surface area (Å²) in [5.41, 5.74) is 0.911. The molecule has 0 bridgehead atoms. The molecular formula is C25H40O4S. The van der Waals surface area contributed by atoms with E-state index >= 15 is 0 Å². The molecule has 2 rings (SSSR count). The molecule has 1 fully saturated rings. The van der Waals surface area contributed by atoms with E-state index < -0.39 is 5.60 Å². The van der Waals surface area contributed by atoms with Gasteiger partial charge in [-0.25, -0.2) is 0 Å². The fraction of sp³-hybridized carbons (Fsp3) is 0.720. The lowest BCUT2D eigenvalue weighted by atomic mass is 9.88. The zero-order valence-electron chi connectivity index (χ0n) is 19.6. The van der Waals surface area contributed by atoms with Crippen LogP contribution in [-0.4, -0.2) is 35.5 Å². The van der Waals surface area contributed by atoms with Crippen molar-refractivity contribution in [3.05, 3.63) is 29.8 Å². The Morgan fingerprint density at radius 3 is 2.43 bits per heavy atom. The number of benzene rings is 1. The molecule has 1 aliphatic carbocycles. The molecule has 0 aromatic heterocycles. The molecule has 1 aliphatic rings. The fourth-order valence-electron chi connectivity index (χ4n) is 3.69. The first kappa shape index (κ1) is 25.1. The minimum atomic E-state index is -0.424. The van der Waals surface area contributed by atoms with Crippen LogP contribution in [0, 0.1) is 5.92 Å². The normalized spacial score (nSPS) is 21.7. The average molecular weight is 437 g/mol. The van der Waals surface area contributed by atoms with Crippen LogP contribution in [0.1, 0.15) is 85.1 Å². The molecule has 5 heteroatoms. The second kappa shape index (κ2) is 12.0. The van der Waals surface area contributed by atoms with Gasteiger partial charge >= 0.3 is 5.97 Å². The van der Waals surface area contributed by atoms with E-state index in [1.165, 1.54) is 12.0 Å².